The van der Waals surface area contributed by atoms with Gasteiger partial charge < -0.3 is 20.1 Å². The Bertz CT molecular complexity index is 1440. The van der Waals surface area contributed by atoms with E-state index >= 15 is 0 Å². The number of halogens is 2. The summed E-state index contributed by atoms with van der Waals surface area (Å²) in [7, 11) is 1.40. The molecule has 1 aliphatic heterocycles. The van der Waals surface area contributed by atoms with E-state index in [2.05, 4.69) is 15.3 Å². The summed E-state index contributed by atoms with van der Waals surface area (Å²) in [4.78, 5) is 32.5. The summed E-state index contributed by atoms with van der Waals surface area (Å²) >= 11 is 0. The van der Waals surface area contributed by atoms with Crippen LogP contribution in [-0.2, 0) is 5.72 Å². The number of carbonyl (C=O) groups excluding carboxylic acids is 2. The van der Waals surface area contributed by atoms with Gasteiger partial charge in [0, 0.05) is 29.8 Å². The lowest BCUT2D eigenvalue weighted by Crippen LogP contribution is -2.45. The molecule has 0 fully saturated rings. The number of hydrogen-bond donors (Lipinski definition) is 3. The monoisotopic (exact) mass is 450 g/mol. The first-order valence-corrected chi connectivity index (χ1v) is 9.84. The van der Waals surface area contributed by atoms with E-state index < -0.39 is 35.0 Å². The SMILES string of the molecule is CNC(=O)Oc1nc2ccc(C3(O)c4ccccc4C(=O)N3c3cc(F)ccc3F)cc2[nH]1. The molecular weight excluding hydrogens is 434 g/mol. The predicted molar refractivity (Wildman–Crippen MR) is 114 cm³/mol. The third kappa shape index (κ3) is 3.11. The zero-order valence-corrected chi connectivity index (χ0v) is 17.1. The number of ether oxygens (including phenoxy) is 1. The number of amides is 2. The van der Waals surface area contributed by atoms with Crippen molar-refractivity contribution in [3.8, 4) is 6.01 Å². The quantitative estimate of drug-likeness (QED) is 0.443. The van der Waals surface area contributed by atoms with Crippen molar-refractivity contribution >= 4 is 28.7 Å². The third-order valence-corrected chi connectivity index (χ3v) is 5.47. The van der Waals surface area contributed by atoms with Gasteiger partial charge in [0.15, 0.2) is 5.72 Å². The number of nitrogens with zero attached hydrogens (tertiary/aromatic N) is 2. The van der Waals surface area contributed by atoms with Crippen LogP contribution < -0.4 is 15.0 Å². The van der Waals surface area contributed by atoms with Crippen LogP contribution in [0.1, 0.15) is 21.5 Å². The van der Waals surface area contributed by atoms with Crippen LogP contribution in [0, 0.1) is 11.6 Å². The standard InChI is InChI=1S/C23H16F2N4O4/c1-26-22(31)33-21-27-17-9-6-12(10-18(17)28-21)23(32)15-5-3-2-4-14(15)20(30)29(23)19-11-13(24)7-8-16(19)25/h2-11,32H,1H3,(H,26,31)(H,27,28). The van der Waals surface area contributed by atoms with Gasteiger partial charge in [-0.15, -0.1) is 0 Å². The molecule has 1 unspecified atom stereocenters. The van der Waals surface area contributed by atoms with Gasteiger partial charge in [-0.05, 0) is 30.3 Å². The average molecular weight is 450 g/mol. The van der Waals surface area contributed by atoms with E-state index in [-0.39, 0.29) is 22.7 Å². The molecule has 1 atom stereocenters. The predicted octanol–water partition coefficient (Wildman–Crippen LogP) is 3.41. The fourth-order valence-electron chi connectivity index (χ4n) is 3.98. The van der Waals surface area contributed by atoms with E-state index in [1.807, 2.05) is 0 Å². The Morgan fingerprint density at radius 3 is 2.73 bits per heavy atom. The molecule has 2 heterocycles. The van der Waals surface area contributed by atoms with Gasteiger partial charge in [-0.1, -0.05) is 24.3 Å². The number of aromatic nitrogens is 2. The second-order valence-electron chi connectivity index (χ2n) is 7.37. The highest BCUT2D eigenvalue weighted by Gasteiger charge is 2.51. The Hall–Kier alpha value is -4.31. The number of benzene rings is 3. The van der Waals surface area contributed by atoms with Crippen molar-refractivity contribution in [3.63, 3.8) is 0 Å². The fraction of sp³-hybridized carbons (Fsp3) is 0.0870. The number of rotatable bonds is 3. The van der Waals surface area contributed by atoms with Crippen LogP contribution in [0.3, 0.4) is 0 Å². The number of anilines is 1. The highest BCUT2D eigenvalue weighted by atomic mass is 19.1. The Morgan fingerprint density at radius 2 is 1.94 bits per heavy atom. The van der Waals surface area contributed by atoms with E-state index in [0.717, 1.165) is 23.1 Å². The number of carbonyl (C=O) groups is 2. The molecule has 3 N–H and O–H groups in total. The number of imidazole rings is 1. The lowest BCUT2D eigenvalue weighted by atomic mass is 9.93. The number of fused-ring (bicyclic) bond motifs is 2. The highest BCUT2D eigenvalue weighted by molar-refractivity contribution is 6.12. The molecule has 1 aliphatic rings. The molecular formula is C23H16F2N4O4. The number of nitrogens with one attached hydrogen (secondary N) is 2. The Kier molecular flexibility index (Phi) is 4.61. The Labute approximate surface area is 185 Å². The molecule has 4 aromatic rings. The summed E-state index contributed by atoms with van der Waals surface area (Å²) in [5.41, 5.74) is -1.21. The minimum atomic E-state index is -2.15. The van der Waals surface area contributed by atoms with Crippen molar-refractivity contribution in [2.75, 3.05) is 11.9 Å². The second kappa shape index (κ2) is 7.38. The van der Waals surface area contributed by atoms with Crippen molar-refractivity contribution in [3.05, 3.63) is 89.0 Å². The first-order chi connectivity index (χ1) is 15.8. The fourth-order valence-corrected chi connectivity index (χ4v) is 3.98. The molecule has 1 aromatic heterocycles. The van der Waals surface area contributed by atoms with Crippen LogP contribution in [0.2, 0.25) is 0 Å². The smallest absolute Gasteiger partial charge is 0.375 e. The number of aliphatic hydroxyl groups is 1. The molecule has 8 nitrogen and oxygen atoms in total. The van der Waals surface area contributed by atoms with Crippen LogP contribution in [-0.4, -0.2) is 34.1 Å². The highest BCUT2D eigenvalue weighted by Crippen LogP contribution is 2.46. The first-order valence-electron chi connectivity index (χ1n) is 9.84. The molecule has 2 amide bonds. The van der Waals surface area contributed by atoms with Crippen molar-refractivity contribution in [2.24, 2.45) is 0 Å². The van der Waals surface area contributed by atoms with Crippen LogP contribution in [0.15, 0.2) is 60.7 Å². The van der Waals surface area contributed by atoms with Gasteiger partial charge in [-0.2, -0.15) is 4.98 Å². The molecule has 33 heavy (non-hydrogen) atoms. The maximum absolute atomic E-state index is 14.7. The summed E-state index contributed by atoms with van der Waals surface area (Å²) in [5, 5.41) is 14.2. The van der Waals surface area contributed by atoms with Crippen LogP contribution in [0.4, 0.5) is 19.3 Å². The van der Waals surface area contributed by atoms with Gasteiger partial charge in [0.25, 0.3) is 5.91 Å². The number of H-pyrrole nitrogens is 1. The Balaban J connectivity index is 1.70. The van der Waals surface area contributed by atoms with Crippen LogP contribution in [0.5, 0.6) is 6.01 Å². The van der Waals surface area contributed by atoms with Gasteiger partial charge in [0.05, 0.1) is 16.7 Å². The summed E-state index contributed by atoms with van der Waals surface area (Å²) in [5.74, 6) is -2.33. The number of hydrogen-bond acceptors (Lipinski definition) is 5. The largest absolute Gasteiger partial charge is 0.414 e. The number of aromatic amines is 1. The van der Waals surface area contributed by atoms with Crippen molar-refractivity contribution in [1.82, 2.24) is 15.3 Å². The van der Waals surface area contributed by atoms with Crippen molar-refractivity contribution in [1.29, 1.82) is 0 Å². The van der Waals surface area contributed by atoms with Gasteiger partial charge in [0.1, 0.15) is 11.6 Å². The van der Waals surface area contributed by atoms with E-state index in [4.69, 9.17) is 4.74 Å². The van der Waals surface area contributed by atoms with E-state index in [1.54, 1.807) is 24.3 Å². The first kappa shape index (κ1) is 20.6. The van der Waals surface area contributed by atoms with Gasteiger partial charge in [-0.3, -0.25) is 9.69 Å². The lowest BCUT2D eigenvalue weighted by molar-refractivity contribution is 0.0698. The average Bonchev–Trinajstić information content (AvgIpc) is 3.31. The summed E-state index contributed by atoms with van der Waals surface area (Å²) in [6.07, 6.45) is -0.726. The summed E-state index contributed by atoms with van der Waals surface area (Å²) in [6.45, 7) is 0. The normalized spacial score (nSPS) is 17.3. The third-order valence-electron chi connectivity index (χ3n) is 5.47. The topological polar surface area (TPSA) is 108 Å². The molecule has 5 rings (SSSR count). The maximum Gasteiger partial charge on any atom is 0.414 e. The minimum absolute atomic E-state index is 0.0792. The van der Waals surface area contributed by atoms with Gasteiger partial charge in [0.2, 0.25) is 0 Å². The molecule has 3 aromatic carbocycles. The molecule has 0 saturated carbocycles. The Morgan fingerprint density at radius 1 is 1.15 bits per heavy atom. The molecule has 10 heteroatoms. The molecule has 0 aliphatic carbocycles. The molecule has 0 spiro atoms. The second-order valence-corrected chi connectivity index (χ2v) is 7.37. The van der Waals surface area contributed by atoms with Crippen LogP contribution in [0.25, 0.3) is 11.0 Å². The zero-order valence-electron chi connectivity index (χ0n) is 17.1. The molecule has 0 bridgehead atoms. The zero-order chi connectivity index (χ0) is 23.3. The van der Waals surface area contributed by atoms with Crippen LogP contribution >= 0.6 is 0 Å². The minimum Gasteiger partial charge on any atom is -0.375 e. The maximum atomic E-state index is 14.7. The molecule has 0 radical (unpaired) electrons. The van der Waals surface area contributed by atoms with Crippen molar-refractivity contribution in [2.45, 2.75) is 5.72 Å². The van der Waals surface area contributed by atoms with E-state index in [1.165, 1.54) is 25.2 Å². The molecule has 0 saturated heterocycles. The van der Waals surface area contributed by atoms with Gasteiger partial charge in [-0.25, -0.2) is 13.6 Å². The summed E-state index contributed by atoms with van der Waals surface area (Å²) in [6, 6.07) is 13.4. The van der Waals surface area contributed by atoms with Crippen molar-refractivity contribution < 1.29 is 28.2 Å². The van der Waals surface area contributed by atoms with Gasteiger partial charge >= 0.3 is 12.1 Å². The van der Waals surface area contributed by atoms with E-state index in [9.17, 15) is 23.5 Å². The summed E-state index contributed by atoms with van der Waals surface area (Å²) < 4.78 is 33.8. The molecule has 166 valence electrons. The van der Waals surface area contributed by atoms with E-state index in [0.29, 0.717) is 11.0 Å². The lowest BCUT2D eigenvalue weighted by Gasteiger charge is -2.35.